The highest BCUT2D eigenvalue weighted by molar-refractivity contribution is 7.89. The summed E-state index contributed by atoms with van der Waals surface area (Å²) in [6, 6.07) is 3.00. The van der Waals surface area contributed by atoms with Gasteiger partial charge in [0.2, 0.25) is 10.0 Å². The number of ether oxygens (including phenoxy) is 2. The zero-order valence-corrected chi connectivity index (χ0v) is 16.9. The normalized spacial score (nSPS) is 15.2. The van der Waals surface area contributed by atoms with E-state index in [2.05, 4.69) is 15.4 Å². The Morgan fingerprint density at radius 1 is 1.07 bits per heavy atom. The zero-order valence-electron chi connectivity index (χ0n) is 16.1. The fraction of sp³-hybridized carbons (Fsp3) is 0.611. The molecule has 0 saturated heterocycles. The smallest absolute Gasteiger partial charge is 0.315 e. The average molecular weight is 400 g/mol. The summed E-state index contributed by atoms with van der Waals surface area (Å²) in [5.74, 6) is 0.809. The Hall–Kier alpha value is -2.00. The molecule has 9 heteroatoms. The number of aryl methyl sites for hydroxylation is 1. The molecule has 0 aromatic heterocycles. The second kappa shape index (κ2) is 9.80. The number of hydrogen-bond acceptors (Lipinski definition) is 5. The van der Waals surface area contributed by atoms with Crippen molar-refractivity contribution in [2.45, 2.75) is 50.0 Å². The lowest BCUT2D eigenvalue weighted by Crippen LogP contribution is -2.45. The van der Waals surface area contributed by atoms with Gasteiger partial charge in [0.25, 0.3) is 0 Å². The van der Waals surface area contributed by atoms with Crippen LogP contribution in [0.25, 0.3) is 0 Å². The van der Waals surface area contributed by atoms with Crippen LogP contribution in [0.4, 0.5) is 4.79 Å². The van der Waals surface area contributed by atoms with Gasteiger partial charge in [0, 0.05) is 25.2 Å². The van der Waals surface area contributed by atoms with Gasteiger partial charge >= 0.3 is 6.03 Å². The van der Waals surface area contributed by atoms with Crippen molar-refractivity contribution in [3.05, 3.63) is 17.7 Å². The maximum absolute atomic E-state index is 12.5. The average Bonchev–Trinajstić information content (AvgIpc) is 2.65. The van der Waals surface area contributed by atoms with E-state index in [1.807, 2.05) is 0 Å². The van der Waals surface area contributed by atoms with E-state index in [1.54, 1.807) is 13.0 Å². The summed E-state index contributed by atoms with van der Waals surface area (Å²) in [5, 5.41) is 5.62. The van der Waals surface area contributed by atoms with Crippen LogP contribution in [-0.4, -0.2) is 47.8 Å². The van der Waals surface area contributed by atoms with Gasteiger partial charge in [-0.15, -0.1) is 0 Å². The molecule has 8 nitrogen and oxygen atoms in total. The summed E-state index contributed by atoms with van der Waals surface area (Å²) in [7, 11) is -0.787. The summed E-state index contributed by atoms with van der Waals surface area (Å²) in [6.45, 7) is 1.98. The highest BCUT2D eigenvalue weighted by Crippen LogP contribution is 2.32. The van der Waals surface area contributed by atoms with Gasteiger partial charge in [-0.25, -0.2) is 17.9 Å². The van der Waals surface area contributed by atoms with Gasteiger partial charge in [0.1, 0.15) is 0 Å². The molecule has 1 fully saturated rings. The molecule has 27 heavy (non-hydrogen) atoms. The molecule has 0 unspecified atom stereocenters. The van der Waals surface area contributed by atoms with Crippen molar-refractivity contribution in [2.75, 3.05) is 27.3 Å². The lowest BCUT2D eigenvalue weighted by Gasteiger charge is -2.22. The predicted octanol–water partition coefficient (Wildman–Crippen LogP) is 1.92. The van der Waals surface area contributed by atoms with Crippen LogP contribution in [0.2, 0.25) is 0 Å². The van der Waals surface area contributed by atoms with Crippen LogP contribution in [0.3, 0.4) is 0 Å². The number of benzene rings is 1. The molecule has 0 radical (unpaired) electrons. The van der Waals surface area contributed by atoms with Gasteiger partial charge in [-0.2, -0.15) is 0 Å². The first-order chi connectivity index (χ1) is 12.9. The van der Waals surface area contributed by atoms with Crippen LogP contribution in [0, 0.1) is 6.92 Å². The molecule has 1 aromatic carbocycles. The quantitative estimate of drug-likeness (QED) is 0.579. The number of carbonyl (C=O) groups is 1. The van der Waals surface area contributed by atoms with E-state index in [1.165, 1.54) is 26.7 Å². The first-order valence-electron chi connectivity index (χ1n) is 9.14. The van der Waals surface area contributed by atoms with Crippen molar-refractivity contribution < 1.29 is 22.7 Å². The Morgan fingerprint density at radius 2 is 1.70 bits per heavy atom. The van der Waals surface area contributed by atoms with E-state index in [-0.39, 0.29) is 30.1 Å². The number of amides is 2. The number of rotatable bonds is 8. The third kappa shape index (κ3) is 6.00. The molecule has 0 bridgehead atoms. The Balaban J connectivity index is 1.86. The van der Waals surface area contributed by atoms with Crippen molar-refractivity contribution in [3.63, 3.8) is 0 Å². The number of sulfonamides is 1. The molecule has 2 amide bonds. The van der Waals surface area contributed by atoms with Crippen molar-refractivity contribution in [1.82, 2.24) is 15.4 Å². The monoisotopic (exact) mass is 399 g/mol. The maximum Gasteiger partial charge on any atom is 0.315 e. The standard InChI is InChI=1S/C18H29N3O5S/c1-13-11-15(25-2)16(26-3)12-17(13)27(23,24)20-10-9-19-18(22)21-14-7-5-4-6-8-14/h11-12,14,20H,4-10H2,1-3H3,(H2,19,21,22). The zero-order chi connectivity index (χ0) is 19.9. The number of hydrogen-bond donors (Lipinski definition) is 3. The highest BCUT2D eigenvalue weighted by Gasteiger charge is 2.20. The second-order valence-electron chi connectivity index (χ2n) is 6.61. The SMILES string of the molecule is COc1cc(C)c(S(=O)(=O)NCCNC(=O)NC2CCCCC2)cc1OC. The molecular formula is C18H29N3O5S. The molecular weight excluding hydrogens is 370 g/mol. The molecule has 152 valence electrons. The van der Waals surface area contributed by atoms with Gasteiger partial charge in [0.05, 0.1) is 19.1 Å². The van der Waals surface area contributed by atoms with Crippen molar-refractivity contribution in [3.8, 4) is 11.5 Å². The fourth-order valence-corrected chi connectivity index (χ4v) is 4.45. The first-order valence-corrected chi connectivity index (χ1v) is 10.6. The molecule has 1 saturated carbocycles. The van der Waals surface area contributed by atoms with Gasteiger partial charge in [-0.3, -0.25) is 0 Å². The Kier molecular flexibility index (Phi) is 7.73. The maximum atomic E-state index is 12.5. The fourth-order valence-electron chi connectivity index (χ4n) is 3.17. The van der Waals surface area contributed by atoms with Crippen LogP contribution in [0.15, 0.2) is 17.0 Å². The molecule has 0 spiro atoms. The minimum atomic E-state index is -3.73. The van der Waals surface area contributed by atoms with Gasteiger partial charge in [-0.05, 0) is 31.4 Å². The third-order valence-corrected chi connectivity index (χ3v) is 6.22. The molecule has 1 aliphatic rings. The predicted molar refractivity (Wildman–Crippen MR) is 103 cm³/mol. The molecule has 0 aliphatic heterocycles. The van der Waals surface area contributed by atoms with E-state index in [0.717, 1.165) is 25.7 Å². The van der Waals surface area contributed by atoms with Gasteiger partial charge in [0.15, 0.2) is 11.5 Å². The van der Waals surface area contributed by atoms with E-state index in [4.69, 9.17) is 9.47 Å². The first kappa shape index (κ1) is 21.3. The molecule has 0 atom stereocenters. The van der Waals surface area contributed by atoms with Crippen molar-refractivity contribution >= 4 is 16.1 Å². The summed E-state index contributed by atoms with van der Waals surface area (Å²) >= 11 is 0. The summed E-state index contributed by atoms with van der Waals surface area (Å²) < 4.78 is 37.9. The summed E-state index contributed by atoms with van der Waals surface area (Å²) in [6.07, 6.45) is 5.49. The van der Waals surface area contributed by atoms with E-state index in [9.17, 15) is 13.2 Å². The topological polar surface area (TPSA) is 106 Å². The Bertz CT molecular complexity index is 746. The molecule has 1 aromatic rings. The Labute approximate surface area is 161 Å². The highest BCUT2D eigenvalue weighted by atomic mass is 32.2. The largest absolute Gasteiger partial charge is 0.493 e. The van der Waals surface area contributed by atoms with Crippen LogP contribution >= 0.6 is 0 Å². The summed E-state index contributed by atoms with van der Waals surface area (Å²) in [4.78, 5) is 12.0. The molecule has 0 heterocycles. The van der Waals surface area contributed by atoms with Gasteiger partial charge in [-0.1, -0.05) is 19.3 Å². The summed E-state index contributed by atoms with van der Waals surface area (Å²) in [5.41, 5.74) is 0.545. The molecule has 2 rings (SSSR count). The number of nitrogens with one attached hydrogen (secondary N) is 3. The van der Waals surface area contributed by atoms with Crippen molar-refractivity contribution in [2.24, 2.45) is 0 Å². The van der Waals surface area contributed by atoms with Crippen LogP contribution in [-0.2, 0) is 10.0 Å². The minimum absolute atomic E-state index is 0.0915. The molecule has 3 N–H and O–H groups in total. The molecule has 1 aliphatic carbocycles. The number of methoxy groups -OCH3 is 2. The van der Waals surface area contributed by atoms with E-state index in [0.29, 0.717) is 17.1 Å². The van der Waals surface area contributed by atoms with E-state index >= 15 is 0 Å². The van der Waals surface area contributed by atoms with Gasteiger partial charge < -0.3 is 20.1 Å². The Morgan fingerprint density at radius 3 is 2.33 bits per heavy atom. The second-order valence-corrected chi connectivity index (χ2v) is 8.34. The number of carbonyl (C=O) groups excluding carboxylic acids is 1. The van der Waals surface area contributed by atoms with E-state index < -0.39 is 10.0 Å². The lowest BCUT2D eigenvalue weighted by molar-refractivity contribution is 0.233. The van der Waals surface area contributed by atoms with Crippen molar-refractivity contribution in [1.29, 1.82) is 0 Å². The third-order valence-electron chi connectivity index (χ3n) is 4.61. The van der Waals surface area contributed by atoms with Crippen LogP contribution < -0.4 is 24.8 Å². The van der Waals surface area contributed by atoms with Crippen LogP contribution in [0.1, 0.15) is 37.7 Å². The minimum Gasteiger partial charge on any atom is -0.493 e. The van der Waals surface area contributed by atoms with Crippen LogP contribution in [0.5, 0.6) is 11.5 Å². The lowest BCUT2D eigenvalue weighted by atomic mass is 9.96. The number of urea groups is 1.